The summed E-state index contributed by atoms with van der Waals surface area (Å²) >= 11 is 8.23. The maximum atomic E-state index is 8.23. The lowest BCUT2D eigenvalue weighted by atomic mass is 9.57. The van der Waals surface area contributed by atoms with Gasteiger partial charge in [0.2, 0.25) is 17.1 Å². The van der Waals surface area contributed by atoms with E-state index in [1.54, 1.807) is 0 Å². The molecule has 4 fully saturated rings. The highest BCUT2D eigenvalue weighted by Gasteiger charge is 2.87. The van der Waals surface area contributed by atoms with Crippen molar-refractivity contribution in [1.29, 1.82) is 0 Å². The van der Waals surface area contributed by atoms with Crippen LogP contribution >= 0.6 is 11.6 Å². The number of allylic oxidation sites excluding steroid dienone is 4. The van der Waals surface area contributed by atoms with E-state index in [1.165, 1.54) is 54.0 Å². The van der Waals surface area contributed by atoms with Gasteiger partial charge in [-0.25, -0.2) is 0 Å². The van der Waals surface area contributed by atoms with Gasteiger partial charge in [-0.2, -0.15) is 4.58 Å². The number of halogens is 1. The van der Waals surface area contributed by atoms with Gasteiger partial charge in [-0.15, -0.1) is 11.6 Å². The Labute approximate surface area is 294 Å². The Bertz CT molecular complexity index is 1980. The lowest BCUT2D eigenvalue weighted by Gasteiger charge is -2.45. The molecule has 10 rings (SSSR count). The Kier molecular flexibility index (Phi) is 6.53. The molecular weight excluding hydrogens is 616 g/mol. The summed E-state index contributed by atoms with van der Waals surface area (Å²) in [6.07, 6.45) is 15.0. The third-order valence-electron chi connectivity index (χ3n) is 13.1. The number of fused-ring (bicyclic) bond motifs is 2. The minimum absolute atomic E-state index is 0.00765. The molecule has 5 aliphatic carbocycles. The van der Waals surface area contributed by atoms with Crippen LogP contribution < -0.4 is 9.48 Å². The van der Waals surface area contributed by atoms with Crippen molar-refractivity contribution >= 4 is 45.7 Å². The fourth-order valence-corrected chi connectivity index (χ4v) is 12.5. The number of hydrogen-bond acceptors (Lipinski definition) is 1. The average Bonchev–Trinajstić information content (AvgIpc) is 3.73. The molecule has 0 amide bonds. The maximum Gasteiger partial charge on any atom is 0.211 e. The van der Waals surface area contributed by atoms with E-state index in [4.69, 9.17) is 11.6 Å². The van der Waals surface area contributed by atoms with Gasteiger partial charge >= 0.3 is 0 Å². The first-order valence-electron chi connectivity index (χ1n) is 18.0. The molecule has 2 nitrogen and oxygen atoms in total. The van der Waals surface area contributed by atoms with E-state index in [-0.39, 0.29) is 15.7 Å². The molecule has 0 radical (unpaired) electrons. The molecule has 0 aliphatic heterocycles. The van der Waals surface area contributed by atoms with Crippen LogP contribution in [0.15, 0.2) is 170 Å². The summed E-state index contributed by atoms with van der Waals surface area (Å²) in [5, 5.41) is 0. The van der Waals surface area contributed by atoms with E-state index in [9.17, 15) is 0 Å². The van der Waals surface area contributed by atoms with E-state index in [0.717, 1.165) is 11.4 Å². The van der Waals surface area contributed by atoms with Gasteiger partial charge in [-0.1, -0.05) is 97.1 Å². The van der Waals surface area contributed by atoms with Gasteiger partial charge in [0, 0.05) is 64.3 Å². The van der Waals surface area contributed by atoms with Gasteiger partial charge in [0.25, 0.3) is 0 Å². The van der Waals surface area contributed by atoms with Crippen molar-refractivity contribution < 1.29 is 0 Å². The summed E-state index contributed by atoms with van der Waals surface area (Å²) in [4.78, 5) is 2.12. The van der Waals surface area contributed by atoms with Crippen LogP contribution in [0.3, 0.4) is 0 Å². The van der Waals surface area contributed by atoms with Crippen molar-refractivity contribution in [3.63, 3.8) is 0 Å². The summed E-state index contributed by atoms with van der Waals surface area (Å²) < 4.78 is 2.38. The van der Waals surface area contributed by atoms with E-state index < -0.39 is 0 Å². The quantitative estimate of drug-likeness (QED) is 0.130. The predicted molar refractivity (Wildman–Crippen MR) is 204 cm³/mol. The van der Waals surface area contributed by atoms with Crippen LogP contribution in [0.25, 0.3) is 0 Å². The van der Waals surface area contributed by atoms with Crippen LogP contribution in [0.4, 0.5) is 28.4 Å². The van der Waals surface area contributed by atoms with Gasteiger partial charge in [-0.05, 0) is 91.3 Å². The minimum Gasteiger partial charge on any atom is -0.311 e. The maximum absolute atomic E-state index is 8.23. The molecule has 0 heterocycles. The minimum atomic E-state index is -0.250. The summed E-state index contributed by atoms with van der Waals surface area (Å²) in [7, 11) is 0. The predicted octanol–water partition coefficient (Wildman–Crippen LogP) is 11.5. The normalized spacial score (nSPS) is 31.5. The van der Waals surface area contributed by atoms with Crippen molar-refractivity contribution in [2.24, 2.45) is 29.1 Å². The molecule has 5 aromatic carbocycles. The number of benzene rings is 5. The van der Waals surface area contributed by atoms with Crippen LogP contribution in [0.2, 0.25) is 0 Å². The van der Waals surface area contributed by atoms with Crippen LogP contribution in [-0.4, -0.2) is 10.6 Å². The first kappa shape index (κ1) is 29.3. The molecule has 3 heteroatoms. The number of anilines is 3. The smallest absolute Gasteiger partial charge is 0.211 e. The second-order valence-corrected chi connectivity index (χ2v) is 15.4. The van der Waals surface area contributed by atoms with Crippen molar-refractivity contribution in [3.05, 3.63) is 175 Å². The molecule has 5 aromatic rings. The summed E-state index contributed by atoms with van der Waals surface area (Å²) in [6.45, 7) is 0. The van der Waals surface area contributed by atoms with Crippen LogP contribution in [0.1, 0.15) is 31.2 Å². The Morgan fingerprint density at radius 2 is 0.898 bits per heavy atom. The molecule has 1 spiro atoms. The van der Waals surface area contributed by atoms with Gasteiger partial charge in [0.1, 0.15) is 0 Å². The molecule has 49 heavy (non-hydrogen) atoms. The average molecular weight is 656 g/mol. The SMILES string of the molecule is ClC12C3CCC1C1CCC3C1(c1ccc(N(c3ccccc3)c3ccccc3)cc1)C21C=CC(=[N+](c2ccccc2)c2ccccc2)C=C1. The zero-order chi connectivity index (χ0) is 32.6. The molecule has 240 valence electrons. The Morgan fingerprint density at radius 1 is 0.490 bits per heavy atom. The molecule has 4 atom stereocenters. The zero-order valence-electron chi connectivity index (χ0n) is 27.6. The number of hydrogen-bond donors (Lipinski definition) is 0. The topological polar surface area (TPSA) is 6.25 Å². The highest BCUT2D eigenvalue weighted by Crippen LogP contribution is 2.87. The van der Waals surface area contributed by atoms with E-state index in [1.807, 2.05) is 0 Å². The molecule has 4 saturated carbocycles. The highest BCUT2D eigenvalue weighted by atomic mass is 35.5. The van der Waals surface area contributed by atoms with Gasteiger partial charge in [0.05, 0.1) is 4.87 Å². The third-order valence-corrected chi connectivity index (χ3v) is 13.9. The number of para-hydroxylation sites is 4. The van der Waals surface area contributed by atoms with Crippen molar-refractivity contribution in [2.75, 3.05) is 4.90 Å². The Morgan fingerprint density at radius 3 is 1.37 bits per heavy atom. The number of alkyl halides is 1. The van der Waals surface area contributed by atoms with Crippen molar-refractivity contribution in [2.45, 2.75) is 36.0 Å². The van der Waals surface area contributed by atoms with Crippen LogP contribution in [0.5, 0.6) is 0 Å². The van der Waals surface area contributed by atoms with Gasteiger partial charge < -0.3 is 4.90 Å². The fraction of sp³-hybridized carbons (Fsp3) is 0.239. The zero-order valence-corrected chi connectivity index (χ0v) is 28.3. The molecule has 0 N–H and O–H groups in total. The largest absolute Gasteiger partial charge is 0.311 e. The Hall–Kier alpha value is -4.66. The van der Waals surface area contributed by atoms with Crippen molar-refractivity contribution in [1.82, 2.24) is 4.58 Å². The van der Waals surface area contributed by atoms with E-state index >= 15 is 0 Å². The number of rotatable bonds is 6. The Balaban J connectivity index is 1.12. The molecule has 2 bridgehead atoms. The van der Waals surface area contributed by atoms with E-state index in [0.29, 0.717) is 23.7 Å². The molecule has 0 saturated heterocycles. The molecular formula is C46H40ClN2+. The van der Waals surface area contributed by atoms with Crippen LogP contribution in [-0.2, 0) is 5.41 Å². The van der Waals surface area contributed by atoms with Gasteiger partial charge in [-0.3, -0.25) is 0 Å². The second kappa shape index (κ2) is 10.9. The highest BCUT2D eigenvalue weighted by molar-refractivity contribution is 6.27. The number of nitrogens with zero attached hydrogens (tertiary/aromatic N) is 2. The first-order chi connectivity index (χ1) is 24.2. The van der Waals surface area contributed by atoms with Crippen LogP contribution in [0, 0.1) is 29.1 Å². The van der Waals surface area contributed by atoms with Crippen molar-refractivity contribution in [3.8, 4) is 0 Å². The lowest BCUT2D eigenvalue weighted by Crippen LogP contribution is -2.46. The standard InChI is InChI=1S/C46H40ClN2/c47-46-42-27-28-43(46)41-26-25-40(42)45(41,33-21-23-38(24-22-33)48(34-13-5-1-6-14-34)35-15-7-2-8-16-35)44(46)31-29-39(30-32-44)49(36-17-9-3-10-18-36)37-19-11-4-12-20-37/h1-24,29-32,40-43H,25-28H2/q+1. The monoisotopic (exact) mass is 655 g/mol. The fourth-order valence-electron chi connectivity index (χ4n) is 11.7. The summed E-state index contributed by atoms with van der Waals surface area (Å²) in [6, 6.07) is 52.6. The first-order valence-corrected chi connectivity index (χ1v) is 18.4. The third kappa shape index (κ3) is 3.81. The van der Waals surface area contributed by atoms with Gasteiger partial charge in [0.15, 0.2) is 0 Å². The second-order valence-electron chi connectivity index (χ2n) is 14.7. The molecule has 0 aromatic heterocycles. The summed E-state index contributed by atoms with van der Waals surface area (Å²) in [5.41, 5.74) is 8.25. The lowest BCUT2D eigenvalue weighted by molar-refractivity contribution is 0.186. The summed E-state index contributed by atoms with van der Waals surface area (Å²) in [5.74, 6) is 2.26. The molecule has 5 aliphatic rings. The van der Waals surface area contributed by atoms with E-state index in [2.05, 4.69) is 179 Å². The molecule has 4 unspecified atom stereocenters.